The van der Waals surface area contributed by atoms with Crippen LogP contribution in [0, 0.1) is 11.3 Å². The van der Waals surface area contributed by atoms with Crippen molar-refractivity contribution in [3.05, 3.63) is 23.5 Å². The zero-order chi connectivity index (χ0) is 10.8. The average molecular weight is 205 g/mol. The van der Waals surface area contributed by atoms with Gasteiger partial charge in [-0.25, -0.2) is 0 Å². The van der Waals surface area contributed by atoms with Crippen LogP contribution in [0.3, 0.4) is 0 Å². The third-order valence-corrected chi connectivity index (χ3v) is 2.49. The number of H-pyrrole nitrogens is 1. The predicted octanol–water partition coefficient (Wildman–Crippen LogP) is 0.0932. The smallest absolute Gasteiger partial charge is 0.270 e. The first kappa shape index (κ1) is 9.74. The Hall–Kier alpha value is -1.80. The molecule has 0 aliphatic carbocycles. The molecule has 5 nitrogen and oxygen atoms in total. The number of hydrogen-bond donors (Lipinski definition) is 2. The summed E-state index contributed by atoms with van der Waals surface area (Å²) < 4.78 is 0. The van der Waals surface area contributed by atoms with E-state index in [1.807, 2.05) is 6.07 Å². The highest BCUT2D eigenvalue weighted by molar-refractivity contribution is 5.93. The minimum Gasteiger partial charge on any atom is -0.391 e. The Balaban J connectivity index is 2.11. The van der Waals surface area contributed by atoms with E-state index in [2.05, 4.69) is 4.98 Å². The van der Waals surface area contributed by atoms with E-state index in [9.17, 15) is 9.90 Å². The number of carbonyl (C=O) groups is 1. The Kier molecular flexibility index (Phi) is 2.44. The van der Waals surface area contributed by atoms with Gasteiger partial charge >= 0.3 is 0 Å². The predicted molar refractivity (Wildman–Crippen MR) is 52.0 cm³/mol. The second-order valence-electron chi connectivity index (χ2n) is 3.61. The molecule has 2 N–H and O–H groups in total. The number of β-amino-alcohol motifs (C(OH)–C–C–N with tert-alkyl or cyclic N) is 1. The van der Waals surface area contributed by atoms with Gasteiger partial charge in [-0.15, -0.1) is 0 Å². The number of aliphatic hydroxyl groups excluding tert-OH is 1. The standard InChI is InChI=1S/C10H11N3O2/c11-4-7-3-9(12-5-7)10(15)13-2-1-8(14)6-13/h3,5,8,12,14H,1-2,6H2/t8-/m1/s1. The van der Waals surface area contributed by atoms with Crippen molar-refractivity contribution in [3.8, 4) is 6.07 Å². The fourth-order valence-corrected chi connectivity index (χ4v) is 1.68. The molecule has 2 rings (SSSR count). The molecule has 1 aromatic rings. The van der Waals surface area contributed by atoms with Gasteiger partial charge in [-0.1, -0.05) is 0 Å². The molecule has 1 aromatic heterocycles. The molecule has 0 unspecified atom stereocenters. The summed E-state index contributed by atoms with van der Waals surface area (Å²) in [5, 5.41) is 17.9. The lowest BCUT2D eigenvalue weighted by Crippen LogP contribution is -2.29. The number of aromatic amines is 1. The average Bonchev–Trinajstić information content (AvgIpc) is 2.84. The van der Waals surface area contributed by atoms with Crippen molar-refractivity contribution < 1.29 is 9.90 Å². The van der Waals surface area contributed by atoms with Gasteiger partial charge in [-0.05, 0) is 12.5 Å². The Morgan fingerprint density at radius 2 is 2.53 bits per heavy atom. The minimum absolute atomic E-state index is 0.159. The summed E-state index contributed by atoms with van der Waals surface area (Å²) in [6.45, 7) is 0.945. The van der Waals surface area contributed by atoms with Gasteiger partial charge in [0.25, 0.3) is 5.91 Å². The number of carbonyl (C=O) groups excluding carboxylic acids is 1. The van der Waals surface area contributed by atoms with E-state index in [-0.39, 0.29) is 5.91 Å². The van der Waals surface area contributed by atoms with Gasteiger partial charge < -0.3 is 15.0 Å². The number of aromatic nitrogens is 1. The van der Waals surface area contributed by atoms with Crippen molar-refractivity contribution in [2.75, 3.05) is 13.1 Å². The maximum Gasteiger partial charge on any atom is 0.270 e. The second-order valence-corrected chi connectivity index (χ2v) is 3.61. The van der Waals surface area contributed by atoms with E-state index in [0.29, 0.717) is 30.8 Å². The number of hydrogen-bond acceptors (Lipinski definition) is 3. The monoisotopic (exact) mass is 205 g/mol. The van der Waals surface area contributed by atoms with Crippen LogP contribution in [-0.2, 0) is 0 Å². The van der Waals surface area contributed by atoms with Crippen LogP contribution in [0.1, 0.15) is 22.5 Å². The van der Waals surface area contributed by atoms with Gasteiger partial charge in [0.05, 0.1) is 11.7 Å². The highest BCUT2D eigenvalue weighted by Gasteiger charge is 2.26. The molecule has 1 aliphatic rings. The highest BCUT2D eigenvalue weighted by atomic mass is 16.3. The highest BCUT2D eigenvalue weighted by Crippen LogP contribution is 2.13. The maximum absolute atomic E-state index is 11.8. The van der Waals surface area contributed by atoms with Crippen molar-refractivity contribution in [2.24, 2.45) is 0 Å². The summed E-state index contributed by atoms with van der Waals surface area (Å²) in [6.07, 6.45) is 1.71. The first-order valence-electron chi connectivity index (χ1n) is 4.76. The van der Waals surface area contributed by atoms with Crippen LogP contribution in [-0.4, -0.2) is 40.1 Å². The Labute approximate surface area is 86.9 Å². The molecular weight excluding hydrogens is 194 g/mol. The lowest BCUT2D eigenvalue weighted by molar-refractivity contribution is 0.0760. The van der Waals surface area contributed by atoms with Gasteiger partial charge in [-0.2, -0.15) is 5.26 Å². The van der Waals surface area contributed by atoms with Crippen LogP contribution in [0.15, 0.2) is 12.3 Å². The maximum atomic E-state index is 11.8. The van der Waals surface area contributed by atoms with Gasteiger partial charge in [0.15, 0.2) is 0 Å². The molecule has 0 saturated carbocycles. The molecule has 1 saturated heterocycles. The number of aliphatic hydroxyl groups is 1. The van der Waals surface area contributed by atoms with Crippen LogP contribution in [0.2, 0.25) is 0 Å². The van der Waals surface area contributed by atoms with E-state index in [0.717, 1.165) is 0 Å². The van der Waals surface area contributed by atoms with E-state index in [4.69, 9.17) is 5.26 Å². The van der Waals surface area contributed by atoms with Gasteiger partial charge in [0.1, 0.15) is 11.8 Å². The molecule has 15 heavy (non-hydrogen) atoms. The van der Waals surface area contributed by atoms with Gasteiger partial charge in [0, 0.05) is 19.3 Å². The molecule has 78 valence electrons. The molecule has 1 aliphatic heterocycles. The summed E-state index contributed by atoms with van der Waals surface area (Å²) in [5.41, 5.74) is 0.846. The van der Waals surface area contributed by atoms with E-state index in [1.165, 1.54) is 12.3 Å². The van der Waals surface area contributed by atoms with Crippen molar-refractivity contribution in [1.82, 2.24) is 9.88 Å². The summed E-state index contributed by atoms with van der Waals surface area (Å²) in [6, 6.07) is 3.47. The number of nitriles is 1. The summed E-state index contributed by atoms with van der Waals surface area (Å²) in [5.74, 6) is -0.159. The van der Waals surface area contributed by atoms with Crippen LogP contribution < -0.4 is 0 Å². The van der Waals surface area contributed by atoms with E-state index in [1.54, 1.807) is 4.90 Å². The normalized spacial score (nSPS) is 20.3. The summed E-state index contributed by atoms with van der Waals surface area (Å²) in [7, 11) is 0. The fourth-order valence-electron chi connectivity index (χ4n) is 1.68. The first-order chi connectivity index (χ1) is 7.20. The van der Waals surface area contributed by atoms with Crippen LogP contribution in [0.25, 0.3) is 0 Å². The number of rotatable bonds is 1. The molecule has 0 spiro atoms. The zero-order valence-corrected chi connectivity index (χ0v) is 8.10. The zero-order valence-electron chi connectivity index (χ0n) is 8.10. The third kappa shape index (κ3) is 1.85. The molecule has 0 aromatic carbocycles. The molecule has 1 atom stereocenters. The summed E-state index contributed by atoms with van der Waals surface area (Å²) in [4.78, 5) is 16.1. The van der Waals surface area contributed by atoms with Crippen LogP contribution >= 0.6 is 0 Å². The first-order valence-corrected chi connectivity index (χ1v) is 4.76. The minimum atomic E-state index is -0.417. The molecular formula is C10H11N3O2. The Morgan fingerprint density at radius 1 is 1.73 bits per heavy atom. The Morgan fingerprint density at radius 3 is 3.07 bits per heavy atom. The topological polar surface area (TPSA) is 80.1 Å². The third-order valence-electron chi connectivity index (χ3n) is 2.49. The van der Waals surface area contributed by atoms with E-state index < -0.39 is 6.10 Å². The number of nitrogens with one attached hydrogen (secondary N) is 1. The van der Waals surface area contributed by atoms with Crippen molar-refractivity contribution >= 4 is 5.91 Å². The van der Waals surface area contributed by atoms with Gasteiger partial charge in [-0.3, -0.25) is 4.79 Å². The molecule has 0 bridgehead atoms. The van der Waals surface area contributed by atoms with Crippen LogP contribution in [0.5, 0.6) is 0 Å². The van der Waals surface area contributed by atoms with Gasteiger partial charge in [0.2, 0.25) is 0 Å². The van der Waals surface area contributed by atoms with Crippen LogP contribution in [0.4, 0.5) is 0 Å². The van der Waals surface area contributed by atoms with E-state index >= 15 is 0 Å². The van der Waals surface area contributed by atoms with Crippen molar-refractivity contribution in [3.63, 3.8) is 0 Å². The largest absolute Gasteiger partial charge is 0.391 e. The fraction of sp³-hybridized carbons (Fsp3) is 0.400. The molecule has 1 amide bonds. The van der Waals surface area contributed by atoms with Crippen molar-refractivity contribution in [2.45, 2.75) is 12.5 Å². The Bertz CT molecular complexity index is 419. The number of likely N-dealkylation sites (tertiary alicyclic amines) is 1. The summed E-state index contributed by atoms with van der Waals surface area (Å²) >= 11 is 0. The SMILES string of the molecule is N#Cc1c[nH]c(C(=O)N2CC[C@@H](O)C2)c1. The molecule has 5 heteroatoms. The molecule has 0 radical (unpaired) electrons. The molecule has 1 fully saturated rings. The number of nitrogens with zero attached hydrogens (tertiary/aromatic N) is 2. The lowest BCUT2D eigenvalue weighted by atomic mass is 10.3. The second kappa shape index (κ2) is 3.75. The quantitative estimate of drug-likeness (QED) is 0.682. The van der Waals surface area contributed by atoms with Crippen molar-refractivity contribution in [1.29, 1.82) is 5.26 Å². The lowest BCUT2D eigenvalue weighted by Gasteiger charge is -2.13. The molecule has 2 heterocycles. The number of amides is 1.